The highest BCUT2D eigenvalue weighted by molar-refractivity contribution is 6.07. The molecule has 0 unspecified atom stereocenters. The predicted octanol–water partition coefficient (Wildman–Crippen LogP) is 1.41. The Hall–Kier alpha value is -4.39. The summed E-state index contributed by atoms with van der Waals surface area (Å²) in [6, 6.07) is 4.24. The van der Waals surface area contributed by atoms with Gasteiger partial charge in [-0.25, -0.2) is 0 Å². The van der Waals surface area contributed by atoms with Crippen molar-refractivity contribution in [2.24, 2.45) is 21.1 Å². The zero-order chi connectivity index (χ0) is 25.9. The average molecular weight is 485 g/mol. The van der Waals surface area contributed by atoms with Crippen molar-refractivity contribution in [1.82, 2.24) is 23.9 Å². The Morgan fingerprint density at radius 1 is 0.829 bits per heavy atom. The van der Waals surface area contributed by atoms with E-state index in [0.29, 0.717) is 30.2 Å². The summed E-state index contributed by atoms with van der Waals surface area (Å²) in [5, 5.41) is 19.2. The van der Waals surface area contributed by atoms with Crippen LogP contribution >= 0.6 is 0 Å². The van der Waals surface area contributed by atoms with Crippen LogP contribution in [-0.2, 0) is 21.1 Å². The van der Waals surface area contributed by atoms with Gasteiger partial charge in [0, 0.05) is 52.7 Å². The molecule has 35 heavy (non-hydrogen) atoms. The number of carbonyl (C=O) groups is 3. The molecule has 3 amide bonds. The maximum atomic E-state index is 12.8. The van der Waals surface area contributed by atoms with Crippen LogP contribution in [0.15, 0.2) is 36.8 Å². The monoisotopic (exact) mass is 484 g/mol. The molecule has 0 atom stereocenters. The van der Waals surface area contributed by atoms with E-state index in [-0.39, 0.29) is 23.0 Å². The van der Waals surface area contributed by atoms with E-state index in [0.717, 1.165) is 0 Å². The van der Waals surface area contributed by atoms with Crippen molar-refractivity contribution in [2.75, 3.05) is 37.8 Å². The lowest BCUT2D eigenvalue weighted by Gasteiger charge is -2.10. The van der Waals surface area contributed by atoms with E-state index in [1.165, 1.54) is 34.5 Å². The van der Waals surface area contributed by atoms with Crippen molar-refractivity contribution >= 4 is 34.8 Å². The minimum absolute atomic E-state index is 0.104. The molecule has 0 radical (unpaired) electrons. The SMILES string of the molecule is CN(C)CCNC(=O)c1cc(NC(=O)c2cc(NC(=O)c3cc([N+](=O)[O-])cn3C)cn2C)cn1C. The highest BCUT2D eigenvalue weighted by Gasteiger charge is 2.20. The maximum absolute atomic E-state index is 12.8. The van der Waals surface area contributed by atoms with E-state index >= 15 is 0 Å². The summed E-state index contributed by atoms with van der Waals surface area (Å²) in [4.78, 5) is 50.1. The van der Waals surface area contributed by atoms with Crippen molar-refractivity contribution in [3.8, 4) is 0 Å². The molecule has 0 saturated heterocycles. The Kier molecular flexibility index (Phi) is 7.40. The highest BCUT2D eigenvalue weighted by atomic mass is 16.6. The van der Waals surface area contributed by atoms with Gasteiger partial charge in [-0.3, -0.25) is 24.5 Å². The van der Waals surface area contributed by atoms with Crippen LogP contribution in [0.2, 0.25) is 0 Å². The standard InChI is InChI=1S/C22H28N8O5/c1-26(2)7-6-23-20(31)17-8-14(11-27(17)3)24-21(32)18-9-15(12-28(18)4)25-22(33)19-10-16(30(34)35)13-29(19)5/h8-13H,6-7H2,1-5H3,(H,23,31)(H,24,32)(H,25,33). The quantitative estimate of drug-likeness (QED) is 0.309. The van der Waals surface area contributed by atoms with Gasteiger partial charge in [0.1, 0.15) is 17.1 Å². The van der Waals surface area contributed by atoms with Crippen molar-refractivity contribution in [3.63, 3.8) is 0 Å². The van der Waals surface area contributed by atoms with Crippen LogP contribution in [0.25, 0.3) is 0 Å². The number of aromatic nitrogens is 3. The van der Waals surface area contributed by atoms with Gasteiger partial charge in [-0.2, -0.15) is 0 Å². The van der Waals surface area contributed by atoms with Crippen LogP contribution < -0.4 is 16.0 Å². The largest absolute Gasteiger partial charge is 0.349 e. The van der Waals surface area contributed by atoms with Crippen LogP contribution in [0.5, 0.6) is 0 Å². The van der Waals surface area contributed by atoms with E-state index in [4.69, 9.17) is 0 Å². The fraction of sp³-hybridized carbons (Fsp3) is 0.318. The number of anilines is 2. The summed E-state index contributed by atoms with van der Waals surface area (Å²) in [6.45, 7) is 1.19. The lowest BCUT2D eigenvalue weighted by atomic mass is 10.3. The summed E-state index contributed by atoms with van der Waals surface area (Å²) in [5.74, 6) is -1.24. The van der Waals surface area contributed by atoms with Crippen LogP contribution in [0.4, 0.5) is 17.1 Å². The van der Waals surface area contributed by atoms with Gasteiger partial charge >= 0.3 is 0 Å². The molecule has 3 N–H and O–H groups in total. The van der Waals surface area contributed by atoms with E-state index < -0.39 is 16.7 Å². The first-order chi connectivity index (χ1) is 16.5. The molecule has 3 aromatic heterocycles. The second-order valence-electron chi connectivity index (χ2n) is 8.37. The molecule has 0 aliphatic carbocycles. The fourth-order valence-corrected chi connectivity index (χ4v) is 3.46. The Morgan fingerprint density at radius 3 is 1.74 bits per heavy atom. The third-order valence-electron chi connectivity index (χ3n) is 5.27. The Morgan fingerprint density at radius 2 is 1.29 bits per heavy atom. The summed E-state index contributed by atoms with van der Waals surface area (Å²) in [5.41, 5.74) is 1.36. The molecule has 0 aliphatic rings. The minimum Gasteiger partial charge on any atom is -0.349 e. The van der Waals surface area contributed by atoms with Gasteiger partial charge in [0.2, 0.25) is 0 Å². The Balaban J connectivity index is 1.67. The van der Waals surface area contributed by atoms with Gasteiger partial charge < -0.3 is 34.6 Å². The van der Waals surface area contributed by atoms with Crippen LogP contribution in [0, 0.1) is 10.1 Å². The number of likely N-dealkylation sites (N-methyl/N-ethyl adjacent to an activating group) is 1. The van der Waals surface area contributed by atoms with E-state index in [9.17, 15) is 24.5 Å². The van der Waals surface area contributed by atoms with Crippen molar-refractivity contribution in [1.29, 1.82) is 0 Å². The number of hydrogen-bond acceptors (Lipinski definition) is 6. The molecule has 3 rings (SSSR count). The first-order valence-electron chi connectivity index (χ1n) is 10.7. The van der Waals surface area contributed by atoms with E-state index in [2.05, 4.69) is 16.0 Å². The molecule has 0 spiro atoms. The number of carbonyl (C=O) groups excluding carboxylic acids is 3. The third-order valence-corrected chi connectivity index (χ3v) is 5.27. The van der Waals surface area contributed by atoms with Crippen molar-refractivity contribution < 1.29 is 19.3 Å². The number of amides is 3. The van der Waals surface area contributed by atoms with Gasteiger partial charge in [-0.15, -0.1) is 0 Å². The maximum Gasteiger partial charge on any atom is 0.287 e. The van der Waals surface area contributed by atoms with Crippen LogP contribution in [-0.4, -0.2) is 68.4 Å². The number of rotatable bonds is 9. The lowest BCUT2D eigenvalue weighted by Crippen LogP contribution is -2.32. The van der Waals surface area contributed by atoms with Crippen molar-refractivity contribution in [2.45, 2.75) is 0 Å². The number of nitrogens with zero attached hydrogens (tertiary/aromatic N) is 5. The molecular weight excluding hydrogens is 456 g/mol. The first kappa shape index (κ1) is 25.2. The molecular formula is C22H28N8O5. The average Bonchev–Trinajstić information content (AvgIpc) is 3.44. The van der Waals surface area contributed by atoms with Crippen molar-refractivity contribution in [3.05, 3.63) is 64.0 Å². The molecule has 13 nitrogen and oxygen atoms in total. The molecule has 0 fully saturated rings. The Bertz CT molecular complexity index is 1280. The minimum atomic E-state index is -0.579. The van der Waals surface area contributed by atoms with Gasteiger partial charge in [0.05, 0.1) is 22.5 Å². The zero-order valence-corrected chi connectivity index (χ0v) is 20.2. The first-order valence-corrected chi connectivity index (χ1v) is 10.7. The van der Waals surface area contributed by atoms with Crippen LogP contribution in [0.3, 0.4) is 0 Å². The molecule has 13 heteroatoms. The summed E-state index contributed by atoms with van der Waals surface area (Å²) in [7, 11) is 8.71. The number of nitro groups is 1. The predicted molar refractivity (Wildman–Crippen MR) is 130 cm³/mol. The molecule has 0 aromatic carbocycles. The number of hydrogen-bond donors (Lipinski definition) is 3. The smallest absolute Gasteiger partial charge is 0.287 e. The van der Waals surface area contributed by atoms with E-state index in [1.54, 1.807) is 37.1 Å². The fourth-order valence-electron chi connectivity index (χ4n) is 3.46. The molecule has 3 heterocycles. The number of aryl methyl sites for hydroxylation is 3. The van der Waals surface area contributed by atoms with Gasteiger partial charge in [-0.1, -0.05) is 0 Å². The van der Waals surface area contributed by atoms with Crippen LogP contribution in [0.1, 0.15) is 31.5 Å². The molecule has 3 aromatic rings. The lowest BCUT2D eigenvalue weighted by molar-refractivity contribution is -0.384. The van der Waals surface area contributed by atoms with E-state index in [1.807, 2.05) is 19.0 Å². The number of nitrogens with one attached hydrogen (secondary N) is 3. The second kappa shape index (κ2) is 10.3. The van der Waals surface area contributed by atoms with Gasteiger partial charge in [0.15, 0.2) is 0 Å². The molecule has 0 aliphatic heterocycles. The van der Waals surface area contributed by atoms with Gasteiger partial charge in [0.25, 0.3) is 23.4 Å². The van der Waals surface area contributed by atoms with Gasteiger partial charge in [-0.05, 0) is 26.2 Å². The highest BCUT2D eigenvalue weighted by Crippen LogP contribution is 2.20. The zero-order valence-electron chi connectivity index (χ0n) is 20.2. The summed E-state index contributed by atoms with van der Waals surface area (Å²) < 4.78 is 4.51. The molecule has 0 bridgehead atoms. The second-order valence-corrected chi connectivity index (χ2v) is 8.37. The summed E-state index contributed by atoms with van der Waals surface area (Å²) in [6.07, 6.45) is 4.43. The Labute approximate surface area is 201 Å². The molecule has 0 saturated carbocycles. The topological polar surface area (TPSA) is 148 Å². The third kappa shape index (κ3) is 5.95. The summed E-state index contributed by atoms with van der Waals surface area (Å²) >= 11 is 0. The molecule has 186 valence electrons. The normalized spacial score (nSPS) is 10.9.